The maximum absolute atomic E-state index is 3.61. The van der Waals surface area contributed by atoms with Crippen LogP contribution in [0.5, 0.6) is 0 Å². The molecule has 2 aromatic rings. The van der Waals surface area contributed by atoms with Crippen LogP contribution >= 0.6 is 15.9 Å². The third-order valence-electron chi connectivity index (χ3n) is 5.17. The molecule has 0 amide bonds. The zero-order chi connectivity index (χ0) is 13.6. The molecule has 0 fully saturated rings. The van der Waals surface area contributed by atoms with E-state index in [1.807, 2.05) is 0 Å². The van der Waals surface area contributed by atoms with Crippen LogP contribution < -0.4 is 0 Å². The number of benzene rings is 1. The van der Waals surface area contributed by atoms with Gasteiger partial charge >= 0.3 is 0 Å². The quantitative estimate of drug-likeness (QED) is 0.755. The zero-order valence-corrected chi connectivity index (χ0v) is 13.6. The molecular formula is C17H22BrN. The minimum absolute atomic E-state index is 0.452. The van der Waals surface area contributed by atoms with Crippen molar-refractivity contribution in [2.45, 2.75) is 46.5 Å². The highest BCUT2D eigenvalue weighted by Crippen LogP contribution is 2.42. The number of fused-ring (bicyclic) bond motifs is 3. The van der Waals surface area contributed by atoms with Gasteiger partial charge in [0.15, 0.2) is 0 Å². The second-order valence-electron chi connectivity index (χ2n) is 6.55. The third-order valence-corrected chi connectivity index (χ3v) is 5.66. The Balaban J connectivity index is 2.04. The largest absolute Gasteiger partial charge is 0.358 e. The van der Waals surface area contributed by atoms with Crippen molar-refractivity contribution in [1.29, 1.82) is 0 Å². The van der Waals surface area contributed by atoms with Crippen LogP contribution in [-0.2, 0) is 12.8 Å². The molecule has 1 heterocycles. The molecule has 1 aliphatic rings. The summed E-state index contributed by atoms with van der Waals surface area (Å²) in [7, 11) is 0. The standard InChI is InChI=1S/C17H22BrN/c1-4-17(2,3)11-5-7-15-13(9-11)14-10-12(18)6-8-16(14)19-15/h6,8,10-11,19H,4-5,7,9H2,1-3H3. The summed E-state index contributed by atoms with van der Waals surface area (Å²) in [5.74, 6) is 0.808. The van der Waals surface area contributed by atoms with Gasteiger partial charge < -0.3 is 4.98 Å². The van der Waals surface area contributed by atoms with Crippen LogP contribution in [0.15, 0.2) is 22.7 Å². The van der Waals surface area contributed by atoms with E-state index in [1.54, 1.807) is 5.56 Å². The summed E-state index contributed by atoms with van der Waals surface area (Å²) >= 11 is 3.60. The molecule has 102 valence electrons. The molecule has 1 N–H and O–H groups in total. The summed E-state index contributed by atoms with van der Waals surface area (Å²) in [6.07, 6.45) is 5.02. The van der Waals surface area contributed by atoms with Gasteiger partial charge in [0.05, 0.1) is 0 Å². The lowest BCUT2D eigenvalue weighted by molar-refractivity contribution is 0.183. The average Bonchev–Trinajstić information content (AvgIpc) is 2.76. The van der Waals surface area contributed by atoms with Crippen molar-refractivity contribution in [2.24, 2.45) is 11.3 Å². The molecular weight excluding hydrogens is 298 g/mol. The van der Waals surface area contributed by atoms with Gasteiger partial charge in [-0.1, -0.05) is 43.1 Å². The average molecular weight is 320 g/mol. The number of nitrogens with one attached hydrogen (secondary N) is 1. The van der Waals surface area contributed by atoms with Crippen molar-refractivity contribution in [3.8, 4) is 0 Å². The number of aryl methyl sites for hydroxylation is 1. The smallest absolute Gasteiger partial charge is 0.0459 e. The molecule has 0 saturated carbocycles. The van der Waals surface area contributed by atoms with E-state index < -0.39 is 0 Å². The van der Waals surface area contributed by atoms with Gasteiger partial charge in [-0.05, 0) is 54.4 Å². The van der Waals surface area contributed by atoms with E-state index in [4.69, 9.17) is 0 Å². The molecule has 0 radical (unpaired) electrons. The monoisotopic (exact) mass is 319 g/mol. The molecule has 1 unspecified atom stereocenters. The van der Waals surface area contributed by atoms with E-state index in [0.29, 0.717) is 5.41 Å². The zero-order valence-electron chi connectivity index (χ0n) is 12.0. The van der Waals surface area contributed by atoms with Crippen LogP contribution in [-0.4, -0.2) is 4.98 Å². The van der Waals surface area contributed by atoms with Crippen LogP contribution in [0.4, 0.5) is 0 Å². The first kappa shape index (κ1) is 13.2. The molecule has 0 bridgehead atoms. The molecule has 1 atom stereocenters. The maximum Gasteiger partial charge on any atom is 0.0459 e. The summed E-state index contributed by atoms with van der Waals surface area (Å²) in [6, 6.07) is 6.58. The van der Waals surface area contributed by atoms with Gasteiger partial charge in [0.1, 0.15) is 0 Å². The van der Waals surface area contributed by atoms with Crippen molar-refractivity contribution in [3.05, 3.63) is 33.9 Å². The van der Waals surface area contributed by atoms with Crippen LogP contribution in [0.3, 0.4) is 0 Å². The Morgan fingerprint density at radius 1 is 1.37 bits per heavy atom. The van der Waals surface area contributed by atoms with E-state index in [-0.39, 0.29) is 0 Å². The van der Waals surface area contributed by atoms with Gasteiger partial charge in [0.25, 0.3) is 0 Å². The summed E-state index contributed by atoms with van der Waals surface area (Å²) in [5, 5.41) is 1.42. The molecule has 0 saturated heterocycles. The van der Waals surface area contributed by atoms with Gasteiger partial charge in [-0.3, -0.25) is 0 Å². The number of H-pyrrole nitrogens is 1. The SMILES string of the molecule is CCC(C)(C)C1CCc2[nH]c3ccc(Br)cc3c2C1. The van der Waals surface area contributed by atoms with E-state index in [9.17, 15) is 0 Å². The number of hydrogen-bond donors (Lipinski definition) is 1. The number of hydrogen-bond acceptors (Lipinski definition) is 0. The van der Waals surface area contributed by atoms with Crippen molar-refractivity contribution >= 4 is 26.8 Å². The van der Waals surface area contributed by atoms with E-state index in [0.717, 1.165) is 5.92 Å². The Morgan fingerprint density at radius 3 is 2.89 bits per heavy atom. The normalized spacial score (nSPS) is 19.7. The second-order valence-corrected chi connectivity index (χ2v) is 7.47. The number of halogens is 1. The minimum Gasteiger partial charge on any atom is -0.358 e. The molecule has 0 aliphatic heterocycles. The second kappa shape index (κ2) is 4.66. The maximum atomic E-state index is 3.61. The first-order valence-electron chi connectivity index (χ1n) is 7.30. The lowest BCUT2D eigenvalue weighted by atomic mass is 9.69. The Bertz CT molecular complexity index is 609. The van der Waals surface area contributed by atoms with E-state index in [2.05, 4.69) is 59.9 Å². The van der Waals surface area contributed by atoms with Gasteiger partial charge in [0, 0.05) is 21.1 Å². The highest BCUT2D eigenvalue weighted by Gasteiger charge is 2.32. The predicted molar refractivity (Wildman–Crippen MR) is 85.6 cm³/mol. The molecule has 1 aromatic heterocycles. The van der Waals surface area contributed by atoms with Crippen molar-refractivity contribution in [3.63, 3.8) is 0 Å². The molecule has 1 nitrogen and oxygen atoms in total. The minimum atomic E-state index is 0.452. The highest BCUT2D eigenvalue weighted by molar-refractivity contribution is 9.10. The van der Waals surface area contributed by atoms with Crippen molar-refractivity contribution in [2.75, 3.05) is 0 Å². The summed E-state index contributed by atoms with van der Waals surface area (Å²) < 4.78 is 1.18. The van der Waals surface area contributed by atoms with Gasteiger partial charge in [0.2, 0.25) is 0 Å². The number of rotatable bonds is 2. The fourth-order valence-electron chi connectivity index (χ4n) is 3.34. The Labute approximate surface area is 123 Å². The van der Waals surface area contributed by atoms with Crippen LogP contribution in [0.25, 0.3) is 10.9 Å². The summed E-state index contributed by atoms with van der Waals surface area (Å²) in [4.78, 5) is 3.61. The first-order chi connectivity index (χ1) is 9.01. The highest BCUT2D eigenvalue weighted by atomic mass is 79.9. The van der Waals surface area contributed by atoms with Gasteiger partial charge in [-0.2, -0.15) is 0 Å². The fourth-order valence-corrected chi connectivity index (χ4v) is 3.71. The Kier molecular flexibility index (Phi) is 3.24. The van der Waals surface area contributed by atoms with Gasteiger partial charge in [-0.25, -0.2) is 0 Å². The molecule has 19 heavy (non-hydrogen) atoms. The number of aromatic amines is 1. The molecule has 1 aliphatic carbocycles. The van der Waals surface area contributed by atoms with Gasteiger partial charge in [-0.15, -0.1) is 0 Å². The van der Waals surface area contributed by atoms with E-state index in [1.165, 1.54) is 46.8 Å². The molecule has 0 spiro atoms. The molecule has 2 heteroatoms. The Hall–Kier alpha value is -0.760. The van der Waals surface area contributed by atoms with Crippen LogP contribution in [0.1, 0.15) is 44.9 Å². The summed E-state index contributed by atoms with van der Waals surface area (Å²) in [6.45, 7) is 7.17. The Morgan fingerprint density at radius 2 is 2.16 bits per heavy atom. The predicted octanol–water partition coefficient (Wildman–Crippen LogP) is 5.47. The third kappa shape index (κ3) is 2.24. The van der Waals surface area contributed by atoms with Crippen molar-refractivity contribution < 1.29 is 0 Å². The number of aromatic nitrogens is 1. The van der Waals surface area contributed by atoms with Crippen molar-refractivity contribution in [1.82, 2.24) is 4.98 Å². The molecule has 1 aromatic carbocycles. The van der Waals surface area contributed by atoms with E-state index >= 15 is 0 Å². The topological polar surface area (TPSA) is 15.8 Å². The molecule has 3 rings (SSSR count). The lowest BCUT2D eigenvalue weighted by Crippen LogP contribution is -2.28. The first-order valence-corrected chi connectivity index (χ1v) is 8.09. The van der Waals surface area contributed by atoms with Crippen LogP contribution in [0, 0.1) is 11.3 Å². The van der Waals surface area contributed by atoms with Crippen LogP contribution in [0.2, 0.25) is 0 Å². The summed E-state index contributed by atoms with van der Waals surface area (Å²) in [5.41, 5.74) is 4.78. The fraction of sp³-hybridized carbons (Fsp3) is 0.529. The lowest BCUT2D eigenvalue weighted by Gasteiger charge is -2.36.